The molecule has 51 heavy (non-hydrogen) atoms. The lowest BCUT2D eigenvalue weighted by Gasteiger charge is -2.26. The first-order valence-electron chi connectivity index (χ1n) is 17.2. The van der Waals surface area contributed by atoms with E-state index in [0.29, 0.717) is 5.89 Å². The number of fused-ring (bicyclic) bond motifs is 6. The van der Waals surface area contributed by atoms with E-state index in [1.54, 1.807) is 0 Å². The third-order valence-corrected chi connectivity index (χ3v) is 9.79. The predicted octanol–water partition coefficient (Wildman–Crippen LogP) is 12.9. The summed E-state index contributed by atoms with van der Waals surface area (Å²) in [6.45, 7) is 0. The van der Waals surface area contributed by atoms with Crippen LogP contribution in [0, 0.1) is 0 Å². The SMILES string of the molecule is c1ccc(-c2cccc(N(c3ccc(-c4nc5ccc6ccccc6c5o4)cc3)c3ccc4c5ccccc5n(-c5ccccc5)c4c3)c2)cc1. The van der Waals surface area contributed by atoms with E-state index in [-0.39, 0.29) is 0 Å². The number of rotatable bonds is 6. The van der Waals surface area contributed by atoms with Gasteiger partial charge in [0.15, 0.2) is 5.58 Å². The van der Waals surface area contributed by atoms with Crippen LogP contribution in [0.1, 0.15) is 0 Å². The summed E-state index contributed by atoms with van der Waals surface area (Å²) in [5.41, 5.74) is 11.6. The minimum atomic E-state index is 0.610. The lowest BCUT2D eigenvalue weighted by atomic mass is 10.0. The summed E-state index contributed by atoms with van der Waals surface area (Å²) in [4.78, 5) is 7.22. The van der Waals surface area contributed by atoms with Gasteiger partial charge in [-0.3, -0.25) is 0 Å². The maximum Gasteiger partial charge on any atom is 0.227 e. The molecule has 0 aliphatic carbocycles. The summed E-state index contributed by atoms with van der Waals surface area (Å²) in [5.74, 6) is 0.610. The van der Waals surface area contributed by atoms with Gasteiger partial charge in [0.2, 0.25) is 5.89 Å². The van der Waals surface area contributed by atoms with E-state index in [1.165, 1.54) is 21.9 Å². The van der Waals surface area contributed by atoms with Crippen LogP contribution in [0.4, 0.5) is 17.1 Å². The van der Waals surface area contributed by atoms with E-state index < -0.39 is 0 Å². The molecule has 0 saturated carbocycles. The zero-order valence-corrected chi connectivity index (χ0v) is 27.6. The molecule has 4 nitrogen and oxygen atoms in total. The third-order valence-electron chi connectivity index (χ3n) is 9.79. The van der Waals surface area contributed by atoms with Crippen molar-refractivity contribution in [2.45, 2.75) is 0 Å². The fraction of sp³-hybridized carbons (Fsp3) is 0. The van der Waals surface area contributed by atoms with Crippen molar-refractivity contribution in [1.82, 2.24) is 9.55 Å². The van der Waals surface area contributed by atoms with Gasteiger partial charge in [-0.05, 0) is 89.3 Å². The van der Waals surface area contributed by atoms with Crippen molar-refractivity contribution in [1.29, 1.82) is 0 Å². The van der Waals surface area contributed by atoms with E-state index >= 15 is 0 Å². The summed E-state index contributed by atoms with van der Waals surface area (Å²) in [5, 5.41) is 4.66. The van der Waals surface area contributed by atoms with Gasteiger partial charge in [0.1, 0.15) is 5.52 Å². The molecular formula is C47H31N3O. The molecule has 4 heteroatoms. The van der Waals surface area contributed by atoms with Crippen LogP contribution < -0.4 is 4.90 Å². The highest BCUT2D eigenvalue weighted by atomic mass is 16.3. The lowest BCUT2D eigenvalue weighted by molar-refractivity contribution is 0.623. The third kappa shape index (κ3) is 4.96. The van der Waals surface area contributed by atoms with Crippen LogP contribution in [0.3, 0.4) is 0 Å². The number of hydrogen-bond acceptors (Lipinski definition) is 3. The highest BCUT2D eigenvalue weighted by molar-refractivity contribution is 6.10. The Morgan fingerprint density at radius 3 is 1.94 bits per heavy atom. The number of nitrogens with zero attached hydrogens (tertiary/aromatic N) is 3. The Balaban J connectivity index is 1.14. The van der Waals surface area contributed by atoms with Gasteiger partial charge in [-0.15, -0.1) is 0 Å². The molecule has 0 amide bonds. The molecule has 10 aromatic rings. The van der Waals surface area contributed by atoms with Gasteiger partial charge in [0, 0.05) is 44.5 Å². The topological polar surface area (TPSA) is 34.2 Å². The van der Waals surface area contributed by atoms with Crippen LogP contribution in [0.25, 0.3) is 71.9 Å². The Morgan fingerprint density at radius 1 is 0.431 bits per heavy atom. The first-order valence-corrected chi connectivity index (χ1v) is 17.2. The van der Waals surface area contributed by atoms with Crippen molar-refractivity contribution in [2.75, 3.05) is 4.90 Å². The summed E-state index contributed by atoms with van der Waals surface area (Å²) >= 11 is 0. The van der Waals surface area contributed by atoms with Gasteiger partial charge in [-0.1, -0.05) is 115 Å². The quantitative estimate of drug-likeness (QED) is 0.179. The van der Waals surface area contributed by atoms with Gasteiger partial charge >= 0.3 is 0 Å². The van der Waals surface area contributed by atoms with Gasteiger partial charge in [-0.25, -0.2) is 4.98 Å². The van der Waals surface area contributed by atoms with Crippen molar-refractivity contribution < 1.29 is 4.42 Å². The van der Waals surface area contributed by atoms with Gasteiger partial charge in [0.05, 0.1) is 11.0 Å². The van der Waals surface area contributed by atoms with Crippen molar-refractivity contribution >= 4 is 60.7 Å². The fourth-order valence-electron chi connectivity index (χ4n) is 7.39. The van der Waals surface area contributed by atoms with Crippen molar-refractivity contribution in [3.05, 3.63) is 188 Å². The van der Waals surface area contributed by atoms with E-state index in [9.17, 15) is 0 Å². The molecule has 240 valence electrons. The molecule has 0 fully saturated rings. The number of hydrogen-bond donors (Lipinski definition) is 0. The Hall–Kier alpha value is -6.91. The number of anilines is 3. The second kappa shape index (κ2) is 11.9. The Bertz CT molecular complexity index is 2850. The van der Waals surface area contributed by atoms with Crippen LogP contribution >= 0.6 is 0 Å². The highest BCUT2D eigenvalue weighted by Crippen LogP contribution is 2.41. The predicted molar refractivity (Wildman–Crippen MR) is 211 cm³/mol. The Labute approximate surface area is 295 Å². The molecule has 0 saturated heterocycles. The molecule has 2 heterocycles. The summed E-state index contributed by atoms with van der Waals surface area (Å²) in [6, 6.07) is 66.3. The summed E-state index contributed by atoms with van der Waals surface area (Å²) in [7, 11) is 0. The molecular weight excluding hydrogens is 623 g/mol. The Kier molecular flexibility index (Phi) is 6.78. The molecule has 0 aliphatic heterocycles. The molecule has 10 rings (SSSR count). The first kappa shape index (κ1) is 29.0. The molecule has 2 aromatic heterocycles. The van der Waals surface area contributed by atoms with Crippen LogP contribution in [-0.2, 0) is 0 Å². The number of benzene rings is 8. The van der Waals surface area contributed by atoms with Crippen LogP contribution in [0.15, 0.2) is 192 Å². The average molecular weight is 654 g/mol. The van der Waals surface area contributed by atoms with Gasteiger partial charge < -0.3 is 13.9 Å². The molecule has 0 unspecified atom stereocenters. The van der Waals surface area contributed by atoms with Crippen LogP contribution in [0.5, 0.6) is 0 Å². The molecule has 0 N–H and O–H groups in total. The second-order valence-electron chi connectivity index (χ2n) is 12.8. The maximum absolute atomic E-state index is 6.41. The zero-order chi connectivity index (χ0) is 33.7. The summed E-state index contributed by atoms with van der Waals surface area (Å²) in [6.07, 6.45) is 0. The highest BCUT2D eigenvalue weighted by Gasteiger charge is 2.19. The van der Waals surface area contributed by atoms with Crippen molar-refractivity contribution in [2.24, 2.45) is 0 Å². The maximum atomic E-state index is 6.41. The van der Waals surface area contributed by atoms with E-state index in [0.717, 1.165) is 61.3 Å². The molecule has 0 spiro atoms. The zero-order valence-electron chi connectivity index (χ0n) is 27.6. The van der Waals surface area contributed by atoms with E-state index in [4.69, 9.17) is 9.40 Å². The number of oxazole rings is 1. The first-order chi connectivity index (χ1) is 25.3. The number of para-hydroxylation sites is 2. The normalized spacial score (nSPS) is 11.5. The minimum Gasteiger partial charge on any atom is -0.435 e. The summed E-state index contributed by atoms with van der Waals surface area (Å²) < 4.78 is 8.77. The van der Waals surface area contributed by atoms with Crippen LogP contribution in [-0.4, -0.2) is 9.55 Å². The Morgan fingerprint density at radius 2 is 1.10 bits per heavy atom. The standard InChI is InChI=1S/C47H31N3O/c1-3-12-32(13-4-1)35-15-11-18-38(30-35)49(37-25-22-34(23-26-37)47-48-43-29-24-33-14-7-8-19-40(33)46(43)51-47)39-27-28-42-41-20-9-10-21-44(41)50(45(42)31-39)36-16-5-2-6-17-36/h1-31H. The lowest BCUT2D eigenvalue weighted by Crippen LogP contribution is -2.10. The largest absolute Gasteiger partial charge is 0.435 e. The van der Waals surface area contributed by atoms with Crippen LogP contribution in [0.2, 0.25) is 0 Å². The molecule has 0 bridgehead atoms. The second-order valence-corrected chi connectivity index (χ2v) is 12.8. The van der Waals surface area contributed by atoms with Gasteiger partial charge in [0.25, 0.3) is 0 Å². The van der Waals surface area contributed by atoms with E-state index in [2.05, 4.69) is 179 Å². The fourth-order valence-corrected chi connectivity index (χ4v) is 7.39. The van der Waals surface area contributed by atoms with Crippen molar-refractivity contribution in [3.63, 3.8) is 0 Å². The average Bonchev–Trinajstić information content (AvgIpc) is 3.79. The molecule has 0 radical (unpaired) electrons. The van der Waals surface area contributed by atoms with Gasteiger partial charge in [-0.2, -0.15) is 0 Å². The van der Waals surface area contributed by atoms with E-state index in [1.807, 2.05) is 18.2 Å². The van der Waals surface area contributed by atoms with Crippen molar-refractivity contribution in [3.8, 4) is 28.3 Å². The smallest absolute Gasteiger partial charge is 0.227 e. The molecule has 0 atom stereocenters. The minimum absolute atomic E-state index is 0.610. The monoisotopic (exact) mass is 653 g/mol. The molecule has 0 aliphatic rings. The molecule has 8 aromatic carbocycles. The number of aromatic nitrogens is 2.